The second-order valence-electron chi connectivity index (χ2n) is 3.94. The Morgan fingerprint density at radius 1 is 1.29 bits per heavy atom. The Hall–Kier alpha value is -2.17. The van der Waals surface area contributed by atoms with Crippen LogP contribution >= 0.6 is 0 Å². The molecule has 88 valence electrons. The van der Waals surface area contributed by atoms with Gasteiger partial charge in [0, 0.05) is 6.42 Å². The van der Waals surface area contributed by atoms with Gasteiger partial charge in [0.15, 0.2) is 0 Å². The van der Waals surface area contributed by atoms with Crippen LogP contribution in [0.25, 0.3) is 0 Å². The minimum Gasteiger partial charge on any atom is -0.464 e. The number of hydrogen-bond acceptors (Lipinski definition) is 3. The van der Waals surface area contributed by atoms with Gasteiger partial charge in [0.05, 0.1) is 5.92 Å². The third-order valence-electron chi connectivity index (χ3n) is 2.76. The molecular weight excluding hydrogens is 222 g/mol. The van der Waals surface area contributed by atoms with Gasteiger partial charge in [0.1, 0.15) is 0 Å². The summed E-state index contributed by atoms with van der Waals surface area (Å²) in [5.74, 6) is -1.81. The van der Waals surface area contributed by atoms with Crippen molar-refractivity contribution in [1.29, 1.82) is 0 Å². The molecular formula is C12H11NO4. The van der Waals surface area contributed by atoms with Crippen molar-refractivity contribution in [1.82, 2.24) is 4.90 Å². The maximum Gasteiger partial charge on any atom is 0.421 e. The van der Waals surface area contributed by atoms with Gasteiger partial charge in [0.25, 0.3) is 0 Å². The Morgan fingerprint density at radius 2 is 1.94 bits per heavy atom. The maximum absolute atomic E-state index is 11.7. The van der Waals surface area contributed by atoms with Crippen LogP contribution in [0.15, 0.2) is 30.3 Å². The lowest BCUT2D eigenvalue weighted by Crippen LogP contribution is -2.35. The topological polar surface area (TPSA) is 74.7 Å². The zero-order valence-corrected chi connectivity index (χ0v) is 9.00. The molecule has 1 aromatic rings. The summed E-state index contributed by atoms with van der Waals surface area (Å²) >= 11 is 0. The van der Waals surface area contributed by atoms with Crippen molar-refractivity contribution in [2.24, 2.45) is 5.92 Å². The van der Waals surface area contributed by atoms with E-state index < -0.39 is 23.8 Å². The Balaban J connectivity index is 2.12. The number of benzene rings is 1. The van der Waals surface area contributed by atoms with Gasteiger partial charge in [-0.2, -0.15) is 4.90 Å². The molecule has 17 heavy (non-hydrogen) atoms. The van der Waals surface area contributed by atoms with Crippen molar-refractivity contribution in [3.05, 3.63) is 35.9 Å². The van der Waals surface area contributed by atoms with Crippen molar-refractivity contribution >= 4 is 17.9 Å². The first-order valence-corrected chi connectivity index (χ1v) is 5.23. The van der Waals surface area contributed by atoms with Gasteiger partial charge in [-0.1, -0.05) is 30.3 Å². The molecule has 0 aliphatic carbocycles. The highest BCUT2D eigenvalue weighted by Gasteiger charge is 2.42. The van der Waals surface area contributed by atoms with E-state index in [1.165, 1.54) is 0 Å². The van der Waals surface area contributed by atoms with E-state index in [0.717, 1.165) is 5.56 Å². The van der Waals surface area contributed by atoms with E-state index >= 15 is 0 Å². The van der Waals surface area contributed by atoms with Crippen molar-refractivity contribution in [3.8, 4) is 0 Å². The molecule has 1 fully saturated rings. The van der Waals surface area contributed by atoms with E-state index in [1.54, 1.807) is 0 Å². The van der Waals surface area contributed by atoms with Crippen LogP contribution < -0.4 is 0 Å². The molecule has 0 bridgehead atoms. The van der Waals surface area contributed by atoms with Crippen LogP contribution in [-0.2, 0) is 16.0 Å². The van der Waals surface area contributed by atoms with Crippen LogP contribution in [0, 0.1) is 5.92 Å². The Bertz CT molecular complexity index is 469. The quantitative estimate of drug-likeness (QED) is 0.781. The normalized spacial score (nSPS) is 19.8. The van der Waals surface area contributed by atoms with Gasteiger partial charge in [0.2, 0.25) is 11.8 Å². The average molecular weight is 233 g/mol. The number of imide groups is 3. The molecule has 0 aromatic heterocycles. The number of carbonyl (C=O) groups excluding carboxylic acids is 2. The Morgan fingerprint density at radius 3 is 2.47 bits per heavy atom. The standard InChI is InChI=1S/C12H11NO4/c14-10-7-9(11(15)13(10)12(16)17)6-8-4-2-1-3-5-8/h1-5,9H,6-7H2,(H,16,17). The number of nitrogens with zero attached hydrogens (tertiary/aromatic N) is 1. The SMILES string of the molecule is O=C(O)N1C(=O)CC(Cc2ccccc2)C1=O. The lowest BCUT2D eigenvalue weighted by molar-refractivity contribution is -0.136. The first-order valence-electron chi connectivity index (χ1n) is 5.23. The van der Waals surface area contributed by atoms with Gasteiger partial charge < -0.3 is 5.11 Å². The van der Waals surface area contributed by atoms with Gasteiger partial charge in [-0.3, -0.25) is 9.59 Å². The molecule has 2 rings (SSSR count). The van der Waals surface area contributed by atoms with Gasteiger partial charge in [-0.15, -0.1) is 0 Å². The van der Waals surface area contributed by atoms with Crippen molar-refractivity contribution in [2.45, 2.75) is 12.8 Å². The number of carbonyl (C=O) groups is 3. The Kier molecular flexibility index (Phi) is 2.91. The average Bonchev–Trinajstić information content (AvgIpc) is 2.55. The van der Waals surface area contributed by atoms with E-state index in [2.05, 4.69) is 0 Å². The summed E-state index contributed by atoms with van der Waals surface area (Å²) in [5.41, 5.74) is 0.922. The summed E-state index contributed by atoms with van der Waals surface area (Å²) in [6, 6.07) is 9.23. The predicted molar refractivity (Wildman–Crippen MR) is 58.1 cm³/mol. The summed E-state index contributed by atoms with van der Waals surface area (Å²) in [6.45, 7) is 0. The van der Waals surface area contributed by atoms with Gasteiger partial charge >= 0.3 is 6.09 Å². The lowest BCUT2D eigenvalue weighted by Gasteiger charge is -2.08. The van der Waals surface area contributed by atoms with Crippen LogP contribution in [0.4, 0.5) is 4.79 Å². The molecule has 0 saturated carbocycles. The number of amides is 3. The van der Waals surface area contributed by atoms with Crippen molar-refractivity contribution < 1.29 is 19.5 Å². The first kappa shape index (κ1) is 11.3. The largest absolute Gasteiger partial charge is 0.464 e. The molecule has 5 heteroatoms. The smallest absolute Gasteiger partial charge is 0.421 e. The minimum atomic E-state index is -1.49. The molecule has 1 heterocycles. The number of rotatable bonds is 2. The number of carboxylic acid groups (broad SMARTS) is 1. The fourth-order valence-electron chi connectivity index (χ4n) is 1.95. The molecule has 1 saturated heterocycles. The third-order valence-corrected chi connectivity index (χ3v) is 2.76. The van der Waals surface area contributed by atoms with Gasteiger partial charge in [-0.05, 0) is 12.0 Å². The third kappa shape index (κ3) is 2.18. The fourth-order valence-corrected chi connectivity index (χ4v) is 1.95. The highest BCUT2D eigenvalue weighted by molar-refractivity contribution is 6.14. The molecule has 3 amide bonds. The maximum atomic E-state index is 11.7. The van der Waals surface area contributed by atoms with Crippen LogP contribution in [0.2, 0.25) is 0 Å². The molecule has 0 radical (unpaired) electrons. The highest BCUT2D eigenvalue weighted by atomic mass is 16.4. The Labute approximate surface area is 97.7 Å². The molecule has 5 nitrogen and oxygen atoms in total. The predicted octanol–water partition coefficient (Wildman–Crippen LogP) is 1.28. The van der Waals surface area contributed by atoms with E-state index in [4.69, 9.17) is 5.11 Å². The summed E-state index contributed by atoms with van der Waals surface area (Å²) in [5, 5.41) is 8.72. The molecule has 1 unspecified atom stereocenters. The van der Waals surface area contributed by atoms with Crippen LogP contribution in [0.5, 0.6) is 0 Å². The van der Waals surface area contributed by atoms with Crippen LogP contribution in [0.3, 0.4) is 0 Å². The number of hydrogen-bond donors (Lipinski definition) is 1. The van der Waals surface area contributed by atoms with E-state index in [9.17, 15) is 14.4 Å². The zero-order chi connectivity index (χ0) is 12.4. The van der Waals surface area contributed by atoms with Crippen molar-refractivity contribution in [3.63, 3.8) is 0 Å². The molecule has 1 aliphatic rings. The highest BCUT2D eigenvalue weighted by Crippen LogP contribution is 2.23. The van der Waals surface area contributed by atoms with E-state index in [-0.39, 0.29) is 6.42 Å². The zero-order valence-electron chi connectivity index (χ0n) is 9.00. The van der Waals surface area contributed by atoms with E-state index in [1.807, 2.05) is 30.3 Å². The van der Waals surface area contributed by atoms with E-state index in [0.29, 0.717) is 11.3 Å². The summed E-state index contributed by atoms with van der Waals surface area (Å²) in [6.07, 6.45) is -1.12. The molecule has 1 aromatic carbocycles. The first-order chi connectivity index (χ1) is 8.09. The lowest BCUT2D eigenvalue weighted by atomic mass is 9.98. The molecule has 0 spiro atoms. The molecule has 1 aliphatic heterocycles. The number of likely N-dealkylation sites (tertiary alicyclic amines) is 1. The van der Waals surface area contributed by atoms with Crippen LogP contribution in [0.1, 0.15) is 12.0 Å². The van der Waals surface area contributed by atoms with Crippen molar-refractivity contribution in [2.75, 3.05) is 0 Å². The summed E-state index contributed by atoms with van der Waals surface area (Å²) < 4.78 is 0. The van der Waals surface area contributed by atoms with Crippen LogP contribution in [-0.4, -0.2) is 27.9 Å². The second kappa shape index (κ2) is 4.37. The summed E-state index contributed by atoms with van der Waals surface area (Å²) in [4.78, 5) is 34.1. The summed E-state index contributed by atoms with van der Waals surface area (Å²) in [7, 11) is 0. The molecule has 1 atom stereocenters. The van der Waals surface area contributed by atoms with Gasteiger partial charge in [-0.25, -0.2) is 4.79 Å². The fraction of sp³-hybridized carbons (Fsp3) is 0.250. The second-order valence-corrected chi connectivity index (χ2v) is 3.94. The monoisotopic (exact) mass is 233 g/mol. The molecule has 1 N–H and O–H groups in total. The minimum absolute atomic E-state index is 0.0278.